The first-order chi connectivity index (χ1) is 16.0. The highest BCUT2D eigenvalue weighted by molar-refractivity contribution is 6.31. The summed E-state index contributed by atoms with van der Waals surface area (Å²) < 4.78 is 26.1. The van der Waals surface area contributed by atoms with Gasteiger partial charge in [-0.05, 0) is 53.9 Å². The number of aromatic nitrogens is 2. The van der Waals surface area contributed by atoms with Gasteiger partial charge in [0.25, 0.3) is 5.91 Å². The van der Waals surface area contributed by atoms with E-state index in [1.807, 2.05) is 24.3 Å². The minimum absolute atomic E-state index is 0.156. The van der Waals surface area contributed by atoms with Gasteiger partial charge in [0.15, 0.2) is 11.6 Å². The third-order valence-electron chi connectivity index (χ3n) is 4.96. The summed E-state index contributed by atoms with van der Waals surface area (Å²) >= 11 is 6.06. The Hall–Kier alpha value is -3.58. The maximum Gasteiger partial charge on any atom is 0.292 e. The van der Waals surface area contributed by atoms with Crippen LogP contribution < -0.4 is 10.1 Å². The van der Waals surface area contributed by atoms with E-state index in [4.69, 9.17) is 20.8 Å². The topological polar surface area (TPSA) is 69.3 Å². The first-order valence-electron chi connectivity index (χ1n) is 10.6. The molecule has 0 saturated heterocycles. The molecule has 33 heavy (non-hydrogen) atoms. The quantitative estimate of drug-likeness (QED) is 0.323. The lowest BCUT2D eigenvalue weighted by atomic mass is 10.1. The number of nitrogens with one attached hydrogen (secondary N) is 1. The van der Waals surface area contributed by atoms with E-state index in [-0.39, 0.29) is 12.4 Å². The normalized spacial score (nSPS) is 10.9. The summed E-state index contributed by atoms with van der Waals surface area (Å²) in [5.74, 6) is 0.974. The number of hydrogen-bond acceptors (Lipinski definition) is 4. The lowest BCUT2D eigenvalue weighted by Crippen LogP contribution is -2.12. The Balaban J connectivity index is 1.31. The Morgan fingerprint density at radius 3 is 2.73 bits per heavy atom. The number of hydrogen-bond donors (Lipinski definition) is 1. The molecule has 6 nitrogen and oxygen atoms in total. The standard InChI is InChI=1S/C25H23ClFN3O3/c1-2-3-17-4-8-20(9-5-17)32-16-21-10-11-23(33-21)25(31)28-24-12-13-30(29-24)15-18-6-7-19(27)14-22(18)26/h4-14H,2-3,15-16H2,1H3,(H,28,29,31). The van der Waals surface area contributed by atoms with Crippen LogP contribution in [0.15, 0.2) is 71.3 Å². The van der Waals surface area contributed by atoms with Gasteiger partial charge in [-0.1, -0.05) is 43.1 Å². The van der Waals surface area contributed by atoms with Gasteiger partial charge in [-0.3, -0.25) is 9.48 Å². The fourth-order valence-corrected chi connectivity index (χ4v) is 3.52. The van der Waals surface area contributed by atoms with Gasteiger partial charge in [0.05, 0.1) is 6.54 Å². The molecule has 2 aromatic heterocycles. The molecule has 0 aliphatic rings. The number of furan rings is 1. The number of benzene rings is 2. The highest BCUT2D eigenvalue weighted by Crippen LogP contribution is 2.19. The number of halogens is 2. The summed E-state index contributed by atoms with van der Waals surface area (Å²) in [6, 6.07) is 17.1. The molecule has 0 saturated carbocycles. The highest BCUT2D eigenvalue weighted by atomic mass is 35.5. The first kappa shape index (κ1) is 22.6. The number of amides is 1. The third kappa shape index (κ3) is 6.02. The molecule has 4 rings (SSSR count). The van der Waals surface area contributed by atoms with E-state index in [0.29, 0.717) is 23.1 Å². The van der Waals surface area contributed by atoms with Gasteiger partial charge in [0, 0.05) is 17.3 Å². The number of ether oxygens (including phenoxy) is 1. The number of anilines is 1. The van der Waals surface area contributed by atoms with Crippen molar-refractivity contribution in [3.05, 3.63) is 100 Å². The lowest BCUT2D eigenvalue weighted by Gasteiger charge is -2.05. The molecule has 1 N–H and O–H groups in total. The van der Waals surface area contributed by atoms with Crippen molar-refractivity contribution < 1.29 is 18.3 Å². The zero-order valence-corrected chi connectivity index (χ0v) is 18.8. The highest BCUT2D eigenvalue weighted by Gasteiger charge is 2.14. The van der Waals surface area contributed by atoms with Crippen molar-refractivity contribution in [3.63, 3.8) is 0 Å². The van der Waals surface area contributed by atoms with Gasteiger partial charge in [0.1, 0.15) is 23.9 Å². The lowest BCUT2D eigenvalue weighted by molar-refractivity contribution is 0.0992. The van der Waals surface area contributed by atoms with E-state index in [0.717, 1.165) is 24.2 Å². The number of carbonyl (C=O) groups excluding carboxylic acids is 1. The van der Waals surface area contributed by atoms with Gasteiger partial charge in [-0.25, -0.2) is 4.39 Å². The third-order valence-corrected chi connectivity index (χ3v) is 5.31. The Bertz CT molecular complexity index is 1230. The Kier molecular flexibility index (Phi) is 7.10. The van der Waals surface area contributed by atoms with Crippen LogP contribution in [0, 0.1) is 5.82 Å². The fourth-order valence-electron chi connectivity index (χ4n) is 3.29. The van der Waals surface area contributed by atoms with E-state index in [1.165, 1.54) is 17.7 Å². The van der Waals surface area contributed by atoms with Crippen molar-refractivity contribution in [2.45, 2.75) is 32.9 Å². The van der Waals surface area contributed by atoms with E-state index in [1.54, 1.807) is 35.1 Å². The second-order valence-electron chi connectivity index (χ2n) is 7.54. The van der Waals surface area contributed by atoms with Crippen molar-refractivity contribution in [1.82, 2.24) is 9.78 Å². The van der Waals surface area contributed by atoms with Crippen LogP contribution in [0.5, 0.6) is 5.75 Å². The number of aryl methyl sites for hydroxylation is 1. The molecule has 0 spiro atoms. The van der Waals surface area contributed by atoms with Crippen LogP contribution in [0.4, 0.5) is 10.2 Å². The van der Waals surface area contributed by atoms with Gasteiger partial charge in [-0.2, -0.15) is 5.10 Å². The van der Waals surface area contributed by atoms with Crippen LogP contribution >= 0.6 is 11.6 Å². The molecule has 4 aromatic rings. The van der Waals surface area contributed by atoms with E-state index in [2.05, 4.69) is 17.3 Å². The largest absolute Gasteiger partial charge is 0.486 e. The predicted molar refractivity (Wildman–Crippen MR) is 124 cm³/mol. The summed E-state index contributed by atoms with van der Waals surface area (Å²) in [4.78, 5) is 12.5. The minimum atomic E-state index is -0.421. The SMILES string of the molecule is CCCc1ccc(OCc2ccc(C(=O)Nc3ccn(Cc4ccc(F)cc4Cl)n3)o2)cc1. The van der Waals surface area contributed by atoms with Crippen LogP contribution in [0.25, 0.3) is 0 Å². The van der Waals surface area contributed by atoms with Crippen molar-refractivity contribution in [2.75, 3.05) is 5.32 Å². The average Bonchev–Trinajstić information content (AvgIpc) is 3.45. The zero-order chi connectivity index (χ0) is 23.2. The van der Waals surface area contributed by atoms with Crippen molar-refractivity contribution in [1.29, 1.82) is 0 Å². The minimum Gasteiger partial charge on any atom is -0.486 e. The maximum absolute atomic E-state index is 13.2. The molecule has 1 amide bonds. The fraction of sp³-hybridized carbons (Fsp3) is 0.200. The number of rotatable bonds is 9. The van der Waals surface area contributed by atoms with Crippen LogP contribution in [0.1, 0.15) is 40.8 Å². The Morgan fingerprint density at radius 2 is 1.97 bits per heavy atom. The summed E-state index contributed by atoms with van der Waals surface area (Å²) in [5.41, 5.74) is 1.99. The van der Waals surface area contributed by atoms with Gasteiger partial charge >= 0.3 is 0 Å². The molecule has 0 fully saturated rings. The number of carbonyl (C=O) groups is 1. The number of nitrogens with zero attached hydrogens (tertiary/aromatic N) is 2. The molecule has 170 valence electrons. The molecular weight excluding hydrogens is 445 g/mol. The molecule has 2 aromatic carbocycles. The molecule has 0 atom stereocenters. The predicted octanol–water partition coefficient (Wildman–Crippen LogP) is 6.10. The summed E-state index contributed by atoms with van der Waals surface area (Å²) in [6.45, 7) is 2.70. The van der Waals surface area contributed by atoms with Gasteiger partial charge in [-0.15, -0.1) is 0 Å². The second-order valence-corrected chi connectivity index (χ2v) is 7.94. The summed E-state index contributed by atoms with van der Waals surface area (Å²) in [5, 5.41) is 7.32. The van der Waals surface area contributed by atoms with Crippen molar-refractivity contribution in [3.8, 4) is 5.75 Å². The monoisotopic (exact) mass is 467 g/mol. The van der Waals surface area contributed by atoms with Crippen LogP contribution in [-0.4, -0.2) is 15.7 Å². The van der Waals surface area contributed by atoms with Crippen LogP contribution in [0.3, 0.4) is 0 Å². The molecule has 2 heterocycles. The average molecular weight is 468 g/mol. The van der Waals surface area contributed by atoms with Gasteiger partial charge in [0.2, 0.25) is 0 Å². The zero-order valence-electron chi connectivity index (χ0n) is 18.1. The van der Waals surface area contributed by atoms with E-state index < -0.39 is 11.7 Å². The first-order valence-corrected chi connectivity index (χ1v) is 11.0. The van der Waals surface area contributed by atoms with E-state index in [9.17, 15) is 9.18 Å². The van der Waals surface area contributed by atoms with Crippen LogP contribution in [0.2, 0.25) is 5.02 Å². The second kappa shape index (κ2) is 10.4. The van der Waals surface area contributed by atoms with Crippen LogP contribution in [-0.2, 0) is 19.6 Å². The summed E-state index contributed by atoms with van der Waals surface area (Å²) in [7, 11) is 0. The molecule has 0 aliphatic heterocycles. The smallest absolute Gasteiger partial charge is 0.292 e. The molecule has 0 unspecified atom stereocenters. The molecule has 0 bridgehead atoms. The van der Waals surface area contributed by atoms with Crippen molar-refractivity contribution in [2.24, 2.45) is 0 Å². The molecule has 0 radical (unpaired) electrons. The molecule has 8 heteroatoms. The Morgan fingerprint density at radius 1 is 1.15 bits per heavy atom. The molecule has 0 aliphatic carbocycles. The van der Waals surface area contributed by atoms with Gasteiger partial charge < -0.3 is 14.5 Å². The summed E-state index contributed by atoms with van der Waals surface area (Å²) in [6.07, 6.45) is 3.83. The molecular formula is C25H23ClFN3O3. The Labute approximate surface area is 195 Å². The maximum atomic E-state index is 13.2. The van der Waals surface area contributed by atoms with E-state index >= 15 is 0 Å². The van der Waals surface area contributed by atoms with Crippen molar-refractivity contribution >= 4 is 23.3 Å².